The van der Waals surface area contributed by atoms with E-state index in [2.05, 4.69) is 10.9 Å². The Morgan fingerprint density at radius 2 is 2.16 bits per heavy atom. The fourth-order valence-electron chi connectivity index (χ4n) is 2.66. The molecule has 1 fully saturated rings. The molecule has 0 atom stereocenters. The van der Waals surface area contributed by atoms with E-state index in [-0.39, 0.29) is 12.5 Å². The molecular weight excluding hydrogens is 239 g/mol. The fourth-order valence-corrected chi connectivity index (χ4v) is 2.66. The van der Waals surface area contributed by atoms with Crippen molar-refractivity contribution in [2.24, 2.45) is 0 Å². The molecular formula is C14H17BN2O2. The van der Waals surface area contributed by atoms with Crippen molar-refractivity contribution in [3.05, 3.63) is 23.8 Å². The predicted molar refractivity (Wildman–Crippen MR) is 75.9 cm³/mol. The number of aldehydes is 1. The molecule has 19 heavy (non-hydrogen) atoms. The molecule has 1 aromatic rings. The molecule has 1 heterocycles. The molecule has 1 saturated heterocycles. The maximum Gasteiger partial charge on any atom is 0.268 e. The van der Waals surface area contributed by atoms with Crippen molar-refractivity contribution < 1.29 is 9.90 Å². The number of benzene rings is 1. The highest BCUT2D eigenvalue weighted by atomic mass is 16.3. The van der Waals surface area contributed by atoms with Gasteiger partial charge in [-0.3, -0.25) is 4.79 Å². The molecule has 5 heteroatoms. The van der Waals surface area contributed by atoms with Gasteiger partial charge in [-0.2, -0.15) is 0 Å². The van der Waals surface area contributed by atoms with Crippen molar-refractivity contribution in [3.63, 3.8) is 0 Å². The second kappa shape index (κ2) is 5.79. The highest BCUT2D eigenvalue weighted by Gasteiger charge is 2.26. The van der Waals surface area contributed by atoms with E-state index >= 15 is 0 Å². The number of phenolic OH excluding ortho intramolecular Hbond substituents is 1. The molecule has 0 radical (unpaired) electrons. The molecule has 0 amide bonds. The first-order valence-electron chi connectivity index (χ1n) is 6.56. The Labute approximate surface area is 113 Å². The number of anilines is 1. The standard InChI is InChI=1S/C14H17BN2O2/c1-17(12-4-6-15(10-16)7-5-12)13-2-3-14(19)11(8-13)9-18/h2-3,8-9,12,19H,4-7H2,1H3. The van der Waals surface area contributed by atoms with Crippen LogP contribution in [0.3, 0.4) is 0 Å². The van der Waals surface area contributed by atoms with Gasteiger partial charge in [0.2, 0.25) is 0 Å². The third-order valence-electron chi connectivity index (χ3n) is 3.97. The quantitative estimate of drug-likeness (QED) is 0.666. The van der Waals surface area contributed by atoms with Gasteiger partial charge in [-0.05, 0) is 31.0 Å². The van der Waals surface area contributed by atoms with Crippen molar-refractivity contribution in [1.82, 2.24) is 0 Å². The van der Waals surface area contributed by atoms with Gasteiger partial charge < -0.3 is 10.0 Å². The molecule has 1 aliphatic heterocycles. The van der Waals surface area contributed by atoms with E-state index in [0.29, 0.717) is 17.9 Å². The lowest BCUT2D eigenvalue weighted by molar-refractivity contribution is 0.112. The van der Waals surface area contributed by atoms with E-state index in [0.717, 1.165) is 31.2 Å². The number of nitrogens with zero attached hydrogens (tertiary/aromatic N) is 2. The van der Waals surface area contributed by atoms with Gasteiger partial charge in [-0.1, -0.05) is 12.6 Å². The van der Waals surface area contributed by atoms with Gasteiger partial charge in [0.05, 0.1) is 5.56 Å². The first-order chi connectivity index (χ1) is 9.15. The summed E-state index contributed by atoms with van der Waals surface area (Å²) in [6.07, 6.45) is 4.52. The van der Waals surface area contributed by atoms with Gasteiger partial charge in [-0.25, -0.2) is 5.26 Å². The van der Waals surface area contributed by atoms with Gasteiger partial charge in [0, 0.05) is 24.7 Å². The van der Waals surface area contributed by atoms with Gasteiger partial charge in [0.1, 0.15) is 5.75 Å². The molecule has 1 N–H and O–H groups in total. The Balaban J connectivity index is 2.10. The number of carbonyl (C=O) groups excluding carboxylic acids is 1. The summed E-state index contributed by atoms with van der Waals surface area (Å²) in [6, 6.07) is 5.47. The van der Waals surface area contributed by atoms with Gasteiger partial charge in [0.25, 0.3) is 6.71 Å². The van der Waals surface area contributed by atoms with Crippen LogP contribution in [0.1, 0.15) is 23.2 Å². The molecule has 2 rings (SSSR count). The second-order valence-corrected chi connectivity index (χ2v) is 5.11. The summed E-state index contributed by atoms with van der Waals surface area (Å²) < 4.78 is 0. The topological polar surface area (TPSA) is 64.3 Å². The summed E-state index contributed by atoms with van der Waals surface area (Å²) >= 11 is 0. The molecule has 1 aromatic carbocycles. The monoisotopic (exact) mass is 256 g/mol. The average Bonchev–Trinajstić information content (AvgIpc) is 2.47. The van der Waals surface area contributed by atoms with Crippen molar-refractivity contribution in [2.45, 2.75) is 31.5 Å². The summed E-state index contributed by atoms with van der Waals surface area (Å²) in [4.78, 5) is 13.0. The van der Waals surface area contributed by atoms with Crippen LogP contribution in [0.15, 0.2) is 18.2 Å². The summed E-state index contributed by atoms with van der Waals surface area (Å²) in [5.41, 5.74) is 1.25. The number of aromatic hydroxyl groups is 1. The zero-order chi connectivity index (χ0) is 13.8. The SMILES string of the molecule is CN(c1ccc(O)c(C=O)c1)C1CCB(C#N)CC1. The lowest BCUT2D eigenvalue weighted by atomic mass is 9.42. The number of rotatable bonds is 3. The van der Waals surface area contributed by atoms with E-state index in [1.54, 1.807) is 12.1 Å². The minimum atomic E-state index is 0.0142. The van der Waals surface area contributed by atoms with Crippen LogP contribution in [-0.2, 0) is 0 Å². The fraction of sp³-hybridized carbons (Fsp3) is 0.429. The maximum atomic E-state index is 10.8. The minimum absolute atomic E-state index is 0.0142. The number of carbonyl (C=O) groups is 1. The van der Waals surface area contributed by atoms with Crippen molar-refractivity contribution >= 4 is 18.7 Å². The second-order valence-electron chi connectivity index (χ2n) is 5.11. The number of hydrogen-bond acceptors (Lipinski definition) is 4. The van der Waals surface area contributed by atoms with Crippen LogP contribution < -0.4 is 4.90 Å². The maximum absolute atomic E-state index is 10.8. The third kappa shape index (κ3) is 2.90. The first-order valence-corrected chi connectivity index (χ1v) is 6.56. The summed E-state index contributed by atoms with van der Waals surface area (Å²) in [6.45, 7) is 0.190. The first kappa shape index (κ1) is 13.5. The summed E-state index contributed by atoms with van der Waals surface area (Å²) in [7, 11) is 2.00. The van der Waals surface area contributed by atoms with E-state index < -0.39 is 0 Å². The lowest BCUT2D eigenvalue weighted by Gasteiger charge is -2.33. The van der Waals surface area contributed by atoms with Crippen LogP contribution in [0.2, 0.25) is 12.6 Å². The van der Waals surface area contributed by atoms with Gasteiger partial charge >= 0.3 is 0 Å². The van der Waals surface area contributed by atoms with E-state index in [1.807, 2.05) is 13.1 Å². The number of nitriles is 1. The van der Waals surface area contributed by atoms with Crippen molar-refractivity contribution in [1.29, 1.82) is 5.26 Å². The Morgan fingerprint density at radius 3 is 2.74 bits per heavy atom. The Kier molecular flexibility index (Phi) is 4.11. The predicted octanol–water partition coefficient (Wildman–Crippen LogP) is 2.36. The highest BCUT2D eigenvalue weighted by molar-refractivity contribution is 6.67. The van der Waals surface area contributed by atoms with Gasteiger partial charge in [0.15, 0.2) is 6.29 Å². The summed E-state index contributed by atoms with van der Waals surface area (Å²) in [5, 5.41) is 18.4. The van der Waals surface area contributed by atoms with Crippen LogP contribution in [0.5, 0.6) is 5.75 Å². The molecule has 0 saturated carbocycles. The molecule has 0 aliphatic carbocycles. The van der Waals surface area contributed by atoms with E-state index in [1.165, 1.54) is 0 Å². The molecule has 0 aromatic heterocycles. The zero-order valence-electron chi connectivity index (χ0n) is 11.0. The van der Waals surface area contributed by atoms with Gasteiger partial charge in [-0.15, -0.1) is 0 Å². The highest BCUT2D eigenvalue weighted by Crippen LogP contribution is 2.29. The molecule has 1 aliphatic rings. The Bertz CT molecular complexity index is 505. The normalized spacial score (nSPS) is 15.9. The zero-order valence-corrected chi connectivity index (χ0v) is 11.0. The smallest absolute Gasteiger partial charge is 0.268 e. The van der Waals surface area contributed by atoms with Crippen LogP contribution in [0.25, 0.3) is 0 Å². The van der Waals surface area contributed by atoms with Crippen molar-refractivity contribution in [3.8, 4) is 11.7 Å². The molecule has 0 bridgehead atoms. The average molecular weight is 256 g/mol. The molecule has 0 unspecified atom stereocenters. The molecule has 4 nitrogen and oxygen atoms in total. The molecule has 98 valence electrons. The van der Waals surface area contributed by atoms with Crippen LogP contribution in [0, 0.1) is 11.2 Å². The summed E-state index contributed by atoms with van der Waals surface area (Å²) in [5.74, 6) is 2.35. The van der Waals surface area contributed by atoms with Crippen molar-refractivity contribution in [2.75, 3.05) is 11.9 Å². The number of hydrogen-bond donors (Lipinski definition) is 1. The van der Waals surface area contributed by atoms with Crippen LogP contribution >= 0.6 is 0 Å². The number of phenols is 1. The van der Waals surface area contributed by atoms with Crippen LogP contribution in [0.4, 0.5) is 5.69 Å². The Hall–Kier alpha value is -1.96. The van der Waals surface area contributed by atoms with Crippen LogP contribution in [-0.4, -0.2) is 31.2 Å². The van der Waals surface area contributed by atoms with E-state index in [4.69, 9.17) is 5.26 Å². The third-order valence-corrected chi connectivity index (χ3v) is 3.97. The Morgan fingerprint density at radius 1 is 1.47 bits per heavy atom. The lowest BCUT2D eigenvalue weighted by Crippen LogP contribution is -2.36. The van der Waals surface area contributed by atoms with E-state index in [9.17, 15) is 9.90 Å². The largest absolute Gasteiger partial charge is 0.507 e. The molecule has 0 spiro atoms. The minimum Gasteiger partial charge on any atom is -0.507 e.